The average molecular weight is 226 g/mol. The van der Waals surface area contributed by atoms with Gasteiger partial charge in [-0.3, -0.25) is 4.79 Å². The number of hydrogen-bond donors (Lipinski definition) is 0. The predicted molar refractivity (Wildman–Crippen MR) is 65.2 cm³/mol. The van der Waals surface area contributed by atoms with Crippen molar-refractivity contribution in [2.75, 3.05) is 0 Å². The van der Waals surface area contributed by atoms with Gasteiger partial charge >= 0.3 is 0 Å². The van der Waals surface area contributed by atoms with Gasteiger partial charge in [0, 0.05) is 0 Å². The van der Waals surface area contributed by atoms with Crippen LogP contribution < -0.4 is 0 Å². The summed E-state index contributed by atoms with van der Waals surface area (Å²) in [6.45, 7) is 0. The third-order valence-electron chi connectivity index (χ3n) is 3.45. The molecule has 1 aliphatic rings. The van der Waals surface area contributed by atoms with Crippen molar-refractivity contribution in [2.24, 2.45) is 0 Å². The first-order valence-electron chi connectivity index (χ1n) is 6.02. The average Bonchev–Trinajstić information content (AvgIpc) is 2.91. The molecule has 86 valence electrons. The Hall–Kier alpha value is -1.83. The topological polar surface area (TPSA) is 30.2 Å². The summed E-state index contributed by atoms with van der Waals surface area (Å²) >= 11 is 0. The highest BCUT2D eigenvalue weighted by molar-refractivity contribution is 5.99. The molecule has 0 N–H and O–H groups in total. The van der Waals surface area contributed by atoms with Crippen molar-refractivity contribution >= 4 is 5.78 Å². The Balaban J connectivity index is 1.98. The van der Waals surface area contributed by atoms with Crippen molar-refractivity contribution in [1.82, 2.24) is 0 Å². The molecule has 2 aromatic rings. The molecule has 0 fully saturated rings. The maximum Gasteiger partial charge on any atom is 0.205 e. The summed E-state index contributed by atoms with van der Waals surface area (Å²) < 4.78 is 5.21. The van der Waals surface area contributed by atoms with Crippen LogP contribution >= 0.6 is 0 Å². The van der Waals surface area contributed by atoms with Crippen molar-refractivity contribution in [1.29, 1.82) is 0 Å². The maximum absolute atomic E-state index is 12.3. The largest absolute Gasteiger partial charge is 0.461 e. The Bertz CT molecular complexity index is 526. The lowest BCUT2D eigenvalue weighted by Gasteiger charge is -2.23. The third kappa shape index (κ3) is 1.80. The zero-order chi connectivity index (χ0) is 11.7. The van der Waals surface area contributed by atoms with Gasteiger partial charge in [0.25, 0.3) is 0 Å². The molecule has 0 bridgehead atoms. The highest BCUT2D eigenvalue weighted by atomic mass is 16.3. The molecule has 0 saturated heterocycles. The molecule has 2 heteroatoms. The number of carbonyl (C=O) groups excluding carboxylic acids is 1. The zero-order valence-electron chi connectivity index (χ0n) is 9.56. The summed E-state index contributed by atoms with van der Waals surface area (Å²) in [4.78, 5) is 12.3. The van der Waals surface area contributed by atoms with Crippen molar-refractivity contribution < 1.29 is 9.21 Å². The van der Waals surface area contributed by atoms with E-state index in [0.717, 1.165) is 19.3 Å². The molecule has 1 heterocycles. The number of ketones is 1. The number of fused-ring (bicyclic) bond motifs is 1. The molecule has 1 unspecified atom stereocenters. The lowest BCUT2D eigenvalue weighted by atomic mass is 9.80. The van der Waals surface area contributed by atoms with E-state index >= 15 is 0 Å². The van der Waals surface area contributed by atoms with Crippen LogP contribution in [0.15, 0.2) is 47.1 Å². The minimum Gasteiger partial charge on any atom is -0.461 e. The molecule has 0 amide bonds. The van der Waals surface area contributed by atoms with Crippen molar-refractivity contribution in [2.45, 2.75) is 25.2 Å². The van der Waals surface area contributed by atoms with Crippen molar-refractivity contribution in [3.63, 3.8) is 0 Å². The first-order chi connectivity index (χ1) is 8.36. The monoisotopic (exact) mass is 226 g/mol. The van der Waals surface area contributed by atoms with E-state index in [1.54, 1.807) is 18.4 Å². The number of aryl methyl sites for hydroxylation is 1. The minimum absolute atomic E-state index is 0.0221. The van der Waals surface area contributed by atoms with Crippen LogP contribution in [0.3, 0.4) is 0 Å². The standard InChI is InChI=1S/C15H14O2/c16-15(14-9-4-10-17-14)13-8-3-6-11-5-1-2-7-12(11)13/h1-2,4-5,7,9-10,13H,3,6,8H2. The Morgan fingerprint density at radius 3 is 2.88 bits per heavy atom. The number of benzene rings is 1. The minimum atomic E-state index is -0.0221. The SMILES string of the molecule is O=C(c1ccco1)C1CCCc2ccccc21. The molecule has 0 aliphatic heterocycles. The van der Waals surface area contributed by atoms with Gasteiger partial charge in [-0.2, -0.15) is 0 Å². The van der Waals surface area contributed by atoms with E-state index in [-0.39, 0.29) is 11.7 Å². The Morgan fingerprint density at radius 2 is 2.06 bits per heavy atom. The second-order valence-corrected chi connectivity index (χ2v) is 4.49. The number of hydrogen-bond acceptors (Lipinski definition) is 2. The molecule has 2 nitrogen and oxygen atoms in total. The third-order valence-corrected chi connectivity index (χ3v) is 3.45. The summed E-state index contributed by atoms with van der Waals surface area (Å²) in [7, 11) is 0. The summed E-state index contributed by atoms with van der Waals surface area (Å²) in [5.74, 6) is 0.569. The number of Topliss-reactive ketones (excluding diaryl/α,β-unsaturated/α-hetero) is 1. The molecule has 3 rings (SSSR count). The Labute approximate surface area is 100 Å². The van der Waals surface area contributed by atoms with Crippen LogP contribution in [0.4, 0.5) is 0 Å². The van der Waals surface area contributed by atoms with Gasteiger partial charge in [-0.05, 0) is 42.5 Å². The fourth-order valence-electron chi connectivity index (χ4n) is 2.62. The smallest absolute Gasteiger partial charge is 0.205 e. The highest BCUT2D eigenvalue weighted by Gasteiger charge is 2.28. The van der Waals surface area contributed by atoms with Gasteiger partial charge in [-0.15, -0.1) is 0 Å². The zero-order valence-corrected chi connectivity index (χ0v) is 9.56. The van der Waals surface area contributed by atoms with Crippen LogP contribution in [-0.4, -0.2) is 5.78 Å². The van der Waals surface area contributed by atoms with E-state index in [0.29, 0.717) is 5.76 Å². The summed E-state index contributed by atoms with van der Waals surface area (Å²) in [6.07, 6.45) is 4.64. The fourth-order valence-corrected chi connectivity index (χ4v) is 2.62. The molecule has 0 radical (unpaired) electrons. The second kappa shape index (κ2) is 4.21. The molecule has 1 atom stereocenters. The molecular weight excluding hydrogens is 212 g/mol. The van der Waals surface area contributed by atoms with Crippen molar-refractivity contribution in [3.8, 4) is 0 Å². The van der Waals surface area contributed by atoms with Gasteiger partial charge < -0.3 is 4.42 Å². The van der Waals surface area contributed by atoms with Gasteiger partial charge in [-0.25, -0.2) is 0 Å². The summed E-state index contributed by atoms with van der Waals surface area (Å²) in [6, 6.07) is 11.8. The van der Waals surface area contributed by atoms with E-state index in [2.05, 4.69) is 12.1 Å². The fraction of sp³-hybridized carbons (Fsp3) is 0.267. The lowest BCUT2D eigenvalue weighted by Crippen LogP contribution is -2.18. The maximum atomic E-state index is 12.3. The molecule has 1 aromatic heterocycles. The molecule has 0 saturated carbocycles. The second-order valence-electron chi connectivity index (χ2n) is 4.49. The normalized spacial score (nSPS) is 18.7. The van der Waals surface area contributed by atoms with Crippen LogP contribution in [0, 0.1) is 0 Å². The van der Waals surface area contributed by atoms with Gasteiger partial charge in [-0.1, -0.05) is 24.3 Å². The van der Waals surface area contributed by atoms with E-state index in [1.807, 2.05) is 12.1 Å². The first kappa shape index (κ1) is 10.3. The van der Waals surface area contributed by atoms with E-state index in [9.17, 15) is 4.79 Å². The van der Waals surface area contributed by atoms with Gasteiger partial charge in [0.1, 0.15) is 0 Å². The van der Waals surface area contributed by atoms with Crippen LogP contribution in [-0.2, 0) is 6.42 Å². The van der Waals surface area contributed by atoms with E-state index in [4.69, 9.17) is 4.42 Å². The quantitative estimate of drug-likeness (QED) is 0.732. The van der Waals surface area contributed by atoms with Crippen LogP contribution in [0.1, 0.15) is 40.4 Å². The molecule has 0 spiro atoms. The number of furan rings is 1. The van der Waals surface area contributed by atoms with Crippen LogP contribution in [0.5, 0.6) is 0 Å². The molecule has 1 aliphatic carbocycles. The lowest BCUT2D eigenvalue weighted by molar-refractivity contribution is 0.0923. The van der Waals surface area contributed by atoms with E-state index in [1.165, 1.54) is 11.1 Å². The van der Waals surface area contributed by atoms with E-state index < -0.39 is 0 Å². The van der Waals surface area contributed by atoms with Gasteiger partial charge in [0.15, 0.2) is 5.76 Å². The number of carbonyl (C=O) groups is 1. The van der Waals surface area contributed by atoms with Crippen LogP contribution in [0.25, 0.3) is 0 Å². The molecule has 17 heavy (non-hydrogen) atoms. The summed E-state index contributed by atoms with van der Waals surface area (Å²) in [5, 5.41) is 0. The Kier molecular flexibility index (Phi) is 2.56. The number of rotatable bonds is 2. The first-order valence-corrected chi connectivity index (χ1v) is 6.02. The highest BCUT2D eigenvalue weighted by Crippen LogP contribution is 2.33. The van der Waals surface area contributed by atoms with Gasteiger partial charge in [0.2, 0.25) is 5.78 Å². The Morgan fingerprint density at radius 1 is 1.18 bits per heavy atom. The van der Waals surface area contributed by atoms with Gasteiger partial charge in [0.05, 0.1) is 12.2 Å². The predicted octanol–water partition coefficient (Wildman–Crippen LogP) is 3.58. The molecule has 1 aromatic carbocycles. The van der Waals surface area contributed by atoms with Crippen molar-refractivity contribution in [3.05, 3.63) is 59.5 Å². The molecular formula is C15H14O2. The summed E-state index contributed by atoms with van der Waals surface area (Å²) in [5.41, 5.74) is 2.49. The van der Waals surface area contributed by atoms with Crippen LogP contribution in [0.2, 0.25) is 0 Å².